The van der Waals surface area contributed by atoms with Crippen LogP contribution in [0.4, 0.5) is 13.2 Å². The smallest absolute Gasteiger partial charge is 0.383 e. The summed E-state index contributed by atoms with van der Waals surface area (Å²) in [6.45, 7) is 2.55. The van der Waals surface area contributed by atoms with E-state index in [9.17, 15) is 37.5 Å². The monoisotopic (exact) mass is 465 g/mol. The van der Waals surface area contributed by atoms with E-state index in [-0.39, 0.29) is 30.6 Å². The van der Waals surface area contributed by atoms with Gasteiger partial charge in [-0.15, -0.1) is 13.2 Å². The Morgan fingerprint density at radius 3 is 2.34 bits per heavy atom. The first-order chi connectivity index (χ1) is 14.8. The molecule has 1 saturated heterocycles. The third-order valence-corrected chi connectivity index (χ3v) is 5.89. The van der Waals surface area contributed by atoms with Gasteiger partial charge in [0.25, 0.3) is 0 Å². The largest absolute Gasteiger partial charge is 0.522 e. The van der Waals surface area contributed by atoms with Crippen molar-refractivity contribution in [2.24, 2.45) is 11.3 Å². The van der Waals surface area contributed by atoms with Gasteiger partial charge in [0, 0.05) is 12.5 Å². The van der Waals surface area contributed by atoms with Gasteiger partial charge in [0.15, 0.2) is 5.78 Å². The van der Waals surface area contributed by atoms with Crippen molar-refractivity contribution in [1.82, 2.24) is 16.0 Å². The van der Waals surface area contributed by atoms with Crippen molar-refractivity contribution in [3.63, 3.8) is 0 Å². The third kappa shape index (κ3) is 8.05. The summed E-state index contributed by atoms with van der Waals surface area (Å²) in [7, 11) is 0. The lowest BCUT2D eigenvalue weighted by Gasteiger charge is -2.26. The van der Waals surface area contributed by atoms with Crippen LogP contribution in [0.3, 0.4) is 0 Å². The topological polar surface area (TPSA) is 134 Å². The molecule has 12 heteroatoms. The number of aliphatic hydroxyl groups excluding tert-OH is 1. The van der Waals surface area contributed by atoms with Crippen molar-refractivity contribution in [3.8, 4) is 0 Å². The van der Waals surface area contributed by atoms with Crippen LogP contribution in [-0.2, 0) is 23.9 Å². The van der Waals surface area contributed by atoms with Crippen molar-refractivity contribution in [2.45, 2.75) is 76.9 Å². The number of Topliss-reactive ketones (excluding diaryl/α,β-unsaturated/α-hetero) is 1. The van der Waals surface area contributed by atoms with Crippen molar-refractivity contribution in [3.05, 3.63) is 0 Å². The van der Waals surface area contributed by atoms with Crippen LogP contribution >= 0.6 is 0 Å². The molecule has 0 aromatic rings. The van der Waals surface area contributed by atoms with Crippen molar-refractivity contribution in [1.29, 1.82) is 0 Å². The highest BCUT2D eigenvalue weighted by Gasteiger charge is 2.43. The van der Waals surface area contributed by atoms with Crippen LogP contribution in [0, 0.1) is 11.3 Å². The normalized spacial score (nSPS) is 22.4. The summed E-state index contributed by atoms with van der Waals surface area (Å²) in [5.74, 6) is -3.55. The molecule has 1 saturated carbocycles. The molecule has 0 aromatic carbocycles. The molecule has 9 nitrogen and oxygen atoms in total. The SMILES string of the molecule is CC[C@@H](O)C(=O)N[C@@H](CC1(C)CC1)C(=O)N[C@@H](C[C@@H]1CCNC1=O)C(=O)COC(F)(F)F. The van der Waals surface area contributed by atoms with Gasteiger partial charge >= 0.3 is 6.36 Å². The average molecular weight is 465 g/mol. The number of ketones is 1. The Balaban J connectivity index is 2.12. The van der Waals surface area contributed by atoms with Crippen molar-refractivity contribution >= 4 is 23.5 Å². The number of nitrogens with one attached hydrogen (secondary N) is 3. The molecule has 0 radical (unpaired) electrons. The van der Waals surface area contributed by atoms with Gasteiger partial charge < -0.3 is 21.1 Å². The third-order valence-electron chi connectivity index (χ3n) is 5.89. The van der Waals surface area contributed by atoms with Crippen LogP contribution in [0.25, 0.3) is 0 Å². The second-order valence-electron chi connectivity index (χ2n) is 8.77. The standard InChI is InChI=1S/C20H30F3N3O6/c1-3-14(27)18(31)26-13(9-19(2)5-6-19)17(30)25-12(8-11-4-7-24-16(11)29)15(28)10-32-20(21,22)23/h11-14,27H,3-10H2,1-2H3,(H,24,29)(H,25,30)(H,26,31)/t11-,12-,13-,14+/m0/s1. The number of aliphatic hydroxyl groups is 1. The number of ether oxygens (including phenoxy) is 1. The minimum Gasteiger partial charge on any atom is -0.383 e. The van der Waals surface area contributed by atoms with E-state index in [1.54, 1.807) is 6.92 Å². The highest BCUT2D eigenvalue weighted by Crippen LogP contribution is 2.48. The van der Waals surface area contributed by atoms with Crippen LogP contribution in [0.1, 0.15) is 52.4 Å². The van der Waals surface area contributed by atoms with Crippen LogP contribution in [0.2, 0.25) is 0 Å². The first-order valence-electron chi connectivity index (χ1n) is 10.6. The van der Waals surface area contributed by atoms with E-state index in [2.05, 4.69) is 20.7 Å². The Morgan fingerprint density at radius 2 is 1.84 bits per heavy atom. The van der Waals surface area contributed by atoms with E-state index in [1.807, 2.05) is 6.92 Å². The molecule has 3 amide bonds. The van der Waals surface area contributed by atoms with Gasteiger partial charge in [-0.05, 0) is 43.9 Å². The maximum Gasteiger partial charge on any atom is 0.522 e. The van der Waals surface area contributed by atoms with Gasteiger partial charge in [-0.1, -0.05) is 13.8 Å². The Bertz CT molecular complexity index is 726. The van der Waals surface area contributed by atoms with Crippen molar-refractivity contribution in [2.75, 3.05) is 13.2 Å². The summed E-state index contributed by atoms with van der Waals surface area (Å²) >= 11 is 0. The van der Waals surface area contributed by atoms with Gasteiger partial charge in [-0.2, -0.15) is 0 Å². The van der Waals surface area contributed by atoms with Gasteiger partial charge in [-0.3, -0.25) is 23.9 Å². The molecule has 0 unspecified atom stereocenters. The first-order valence-corrected chi connectivity index (χ1v) is 10.6. The van der Waals surface area contributed by atoms with Gasteiger partial charge in [-0.25, -0.2) is 0 Å². The number of halogens is 3. The second kappa shape index (κ2) is 10.6. The molecule has 32 heavy (non-hydrogen) atoms. The fraction of sp³-hybridized carbons (Fsp3) is 0.800. The van der Waals surface area contributed by atoms with E-state index in [1.165, 1.54) is 0 Å². The molecule has 1 aliphatic heterocycles. The Morgan fingerprint density at radius 1 is 1.22 bits per heavy atom. The quantitative estimate of drug-likeness (QED) is 0.333. The molecular formula is C20H30F3N3O6. The van der Waals surface area contributed by atoms with Crippen molar-refractivity contribution < 1.29 is 42.2 Å². The number of rotatable bonds is 12. The van der Waals surface area contributed by atoms with E-state index in [0.29, 0.717) is 13.0 Å². The summed E-state index contributed by atoms with van der Waals surface area (Å²) in [4.78, 5) is 49.4. The molecule has 0 aromatic heterocycles. The fourth-order valence-corrected chi connectivity index (χ4v) is 3.52. The lowest BCUT2D eigenvalue weighted by Crippen LogP contribution is -2.54. The zero-order valence-corrected chi connectivity index (χ0v) is 18.1. The summed E-state index contributed by atoms with van der Waals surface area (Å²) in [5.41, 5.74) is -0.198. The molecule has 0 bridgehead atoms. The van der Waals surface area contributed by atoms with E-state index >= 15 is 0 Å². The number of hydrogen-bond donors (Lipinski definition) is 4. The average Bonchev–Trinajstić information content (AvgIpc) is 3.31. The maximum atomic E-state index is 12.9. The zero-order valence-electron chi connectivity index (χ0n) is 18.1. The zero-order chi connectivity index (χ0) is 24.1. The first kappa shape index (κ1) is 26.0. The van der Waals surface area contributed by atoms with E-state index in [4.69, 9.17) is 0 Å². The summed E-state index contributed by atoms with van der Waals surface area (Å²) in [6.07, 6.45) is -4.14. The number of alkyl halides is 3. The predicted octanol–water partition coefficient (Wildman–Crippen LogP) is 0.549. The second-order valence-corrected chi connectivity index (χ2v) is 8.77. The van der Waals surface area contributed by atoms with Crippen LogP contribution in [0.5, 0.6) is 0 Å². The van der Waals surface area contributed by atoms with Crippen LogP contribution in [-0.4, -0.2) is 66.3 Å². The van der Waals surface area contributed by atoms with Gasteiger partial charge in [0.05, 0.1) is 6.04 Å². The number of carbonyl (C=O) groups excluding carboxylic acids is 4. The number of carbonyl (C=O) groups is 4. The summed E-state index contributed by atoms with van der Waals surface area (Å²) < 4.78 is 40.8. The molecule has 2 fully saturated rings. The fourth-order valence-electron chi connectivity index (χ4n) is 3.52. The summed E-state index contributed by atoms with van der Waals surface area (Å²) in [6, 6.07) is -2.49. The number of hydrogen-bond acceptors (Lipinski definition) is 6. The maximum absolute atomic E-state index is 12.9. The van der Waals surface area contributed by atoms with Gasteiger partial charge in [0.1, 0.15) is 18.8 Å². The Hall–Kier alpha value is -2.21. The Labute approximate surface area is 183 Å². The van der Waals surface area contributed by atoms with E-state index < -0.39 is 54.7 Å². The Kier molecular flexibility index (Phi) is 8.63. The molecule has 4 N–H and O–H groups in total. The lowest BCUT2D eigenvalue weighted by atomic mass is 9.94. The van der Waals surface area contributed by atoms with E-state index in [0.717, 1.165) is 12.8 Å². The molecule has 0 spiro atoms. The molecule has 2 rings (SSSR count). The minimum absolute atomic E-state index is 0.129. The summed E-state index contributed by atoms with van der Waals surface area (Å²) in [5, 5.41) is 17.2. The molecular weight excluding hydrogens is 435 g/mol. The predicted molar refractivity (Wildman–Crippen MR) is 105 cm³/mol. The highest BCUT2D eigenvalue weighted by atomic mass is 19.4. The number of amides is 3. The van der Waals surface area contributed by atoms with Crippen LogP contribution in [0.15, 0.2) is 0 Å². The molecule has 182 valence electrons. The highest BCUT2D eigenvalue weighted by molar-refractivity contribution is 5.94. The molecule has 1 heterocycles. The molecule has 1 aliphatic carbocycles. The molecule has 4 atom stereocenters. The molecule has 2 aliphatic rings. The van der Waals surface area contributed by atoms with Gasteiger partial charge in [0.2, 0.25) is 17.7 Å². The van der Waals surface area contributed by atoms with Crippen LogP contribution < -0.4 is 16.0 Å². The minimum atomic E-state index is -5.03. The lowest BCUT2D eigenvalue weighted by molar-refractivity contribution is -0.321.